The van der Waals surface area contributed by atoms with Crippen LogP contribution < -0.4 is 4.74 Å². The first-order chi connectivity index (χ1) is 11.7. The fraction of sp³-hybridized carbons (Fsp3) is 0.250. The Morgan fingerprint density at radius 2 is 2.00 bits per heavy atom. The molecular formula is C20H19Cl2NO. The summed E-state index contributed by atoms with van der Waals surface area (Å²) in [4.78, 5) is 4.64. The van der Waals surface area contributed by atoms with Gasteiger partial charge in [-0.2, -0.15) is 0 Å². The van der Waals surface area contributed by atoms with Gasteiger partial charge in [-0.3, -0.25) is 4.99 Å². The Bertz CT molecular complexity index is 796. The molecule has 4 heteroatoms. The molecule has 0 radical (unpaired) electrons. The summed E-state index contributed by atoms with van der Waals surface area (Å²) in [5.41, 5.74) is 4.34. The second kappa shape index (κ2) is 7.87. The third-order valence-electron chi connectivity index (χ3n) is 3.87. The Balaban J connectivity index is 1.83. The van der Waals surface area contributed by atoms with Crippen LogP contribution in [0.3, 0.4) is 0 Å². The largest absolute Gasteiger partial charge is 0.494 e. The van der Waals surface area contributed by atoms with Crippen LogP contribution in [0.25, 0.3) is 6.08 Å². The van der Waals surface area contributed by atoms with E-state index in [2.05, 4.69) is 24.0 Å². The maximum absolute atomic E-state index is 6.22. The number of hydrogen-bond acceptors (Lipinski definition) is 2. The Morgan fingerprint density at radius 1 is 1.12 bits per heavy atom. The Kier molecular flexibility index (Phi) is 5.60. The van der Waals surface area contributed by atoms with Crippen molar-refractivity contribution in [2.45, 2.75) is 19.8 Å². The first-order valence-electron chi connectivity index (χ1n) is 8.11. The van der Waals surface area contributed by atoms with Gasteiger partial charge in [0.1, 0.15) is 5.75 Å². The highest BCUT2D eigenvalue weighted by atomic mass is 35.5. The van der Waals surface area contributed by atoms with Gasteiger partial charge in [-0.1, -0.05) is 42.3 Å². The summed E-state index contributed by atoms with van der Waals surface area (Å²) in [6, 6.07) is 11.7. The minimum atomic E-state index is 0.636. The second-order valence-electron chi connectivity index (χ2n) is 5.68. The highest BCUT2D eigenvalue weighted by Gasteiger charge is 2.13. The molecule has 0 fully saturated rings. The lowest BCUT2D eigenvalue weighted by Crippen LogP contribution is -2.11. The van der Waals surface area contributed by atoms with Gasteiger partial charge in [0.15, 0.2) is 0 Å². The lowest BCUT2D eigenvalue weighted by atomic mass is 9.96. The third kappa shape index (κ3) is 4.00. The number of aliphatic imine (C=N–C) groups is 1. The van der Waals surface area contributed by atoms with Gasteiger partial charge in [0.2, 0.25) is 0 Å². The normalized spacial score (nSPS) is 13.7. The van der Waals surface area contributed by atoms with Gasteiger partial charge < -0.3 is 4.74 Å². The van der Waals surface area contributed by atoms with Gasteiger partial charge in [-0.05, 0) is 60.4 Å². The van der Waals surface area contributed by atoms with Gasteiger partial charge in [-0.25, -0.2) is 0 Å². The van der Waals surface area contributed by atoms with Crippen LogP contribution in [0.1, 0.15) is 30.0 Å². The number of benzene rings is 2. The predicted octanol–water partition coefficient (Wildman–Crippen LogP) is 5.84. The summed E-state index contributed by atoms with van der Waals surface area (Å²) in [6.45, 7) is 3.64. The molecule has 0 spiro atoms. The second-order valence-corrected chi connectivity index (χ2v) is 6.53. The summed E-state index contributed by atoms with van der Waals surface area (Å²) in [7, 11) is 0. The molecule has 0 atom stereocenters. The van der Waals surface area contributed by atoms with Crippen LogP contribution in [-0.4, -0.2) is 18.9 Å². The maximum atomic E-state index is 6.22. The molecule has 0 saturated heterocycles. The standard InChI is InChI=1S/C20H19Cl2NO/c1-2-11-24-17-6-7-18-15(12-17)9-10-23-20(18)8-4-14-3-5-16(21)13-19(14)22/h3-8,12-13H,2,9-11H2,1H3/b8-4+. The molecule has 0 saturated carbocycles. The molecular weight excluding hydrogens is 341 g/mol. The average Bonchev–Trinajstić information content (AvgIpc) is 2.59. The quantitative estimate of drug-likeness (QED) is 0.656. The molecule has 2 nitrogen and oxygen atoms in total. The molecule has 1 heterocycles. The number of rotatable bonds is 5. The zero-order valence-electron chi connectivity index (χ0n) is 13.6. The van der Waals surface area contributed by atoms with E-state index in [-0.39, 0.29) is 0 Å². The van der Waals surface area contributed by atoms with Crippen molar-refractivity contribution in [2.24, 2.45) is 4.99 Å². The molecule has 0 amide bonds. The van der Waals surface area contributed by atoms with Crippen LogP contribution in [0.4, 0.5) is 0 Å². The van der Waals surface area contributed by atoms with Crippen LogP contribution in [0.2, 0.25) is 10.0 Å². The summed E-state index contributed by atoms with van der Waals surface area (Å²) < 4.78 is 5.72. The summed E-state index contributed by atoms with van der Waals surface area (Å²) in [5, 5.41) is 1.27. The topological polar surface area (TPSA) is 21.6 Å². The molecule has 3 rings (SSSR count). The SMILES string of the molecule is CCCOc1ccc2c(c1)CCN=C2/C=C/c1ccc(Cl)cc1Cl. The van der Waals surface area contributed by atoms with Crippen molar-refractivity contribution in [2.75, 3.05) is 13.2 Å². The highest BCUT2D eigenvalue weighted by molar-refractivity contribution is 6.35. The van der Waals surface area contributed by atoms with Crippen LogP contribution in [0.15, 0.2) is 47.5 Å². The van der Waals surface area contributed by atoms with Gasteiger partial charge in [-0.15, -0.1) is 0 Å². The number of allylic oxidation sites excluding steroid dienone is 1. The van der Waals surface area contributed by atoms with Crippen LogP contribution in [-0.2, 0) is 6.42 Å². The van der Waals surface area contributed by atoms with Crippen molar-refractivity contribution >= 4 is 35.0 Å². The van der Waals surface area contributed by atoms with E-state index in [9.17, 15) is 0 Å². The third-order valence-corrected chi connectivity index (χ3v) is 4.43. The van der Waals surface area contributed by atoms with Crippen molar-refractivity contribution in [3.63, 3.8) is 0 Å². The van der Waals surface area contributed by atoms with E-state index in [1.165, 1.54) is 5.56 Å². The van der Waals surface area contributed by atoms with E-state index < -0.39 is 0 Å². The molecule has 0 aliphatic carbocycles. The molecule has 2 aromatic rings. The molecule has 0 unspecified atom stereocenters. The lowest BCUT2D eigenvalue weighted by Gasteiger charge is -2.16. The van der Waals surface area contributed by atoms with E-state index in [1.807, 2.05) is 30.4 Å². The monoisotopic (exact) mass is 359 g/mol. The average molecular weight is 360 g/mol. The Labute approximate surface area is 152 Å². The lowest BCUT2D eigenvalue weighted by molar-refractivity contribution is 0.317. The summed E-state index contributed by atoms with van der Waals surface area (Å²) in [5.74, 6) is 0.932. The minimum absolute atomic E-state index is 0.636. The van der Waals surface area contributed by atoms with Gasteiger partial charge in [0, 0.05) is 22.2 Å². The Morgan fingerprint density at radius 3 is 2.79 bits per heavy atom. The van der Waals surface area contributed by atoms with Crippen LogP contribution in [0, 0.1) is 0 Å². The van der Waals surface area contributed by atoms with Gasteiger partial charge in [0.25, 0.3) is 0 Å². The molecule has 2 aromatic carbocycles. The first kappa shape index (κ1) is 17.1. The molecule has 0 N–H and O–H groups in total. The van der Waals surface area contributed by atoms with E-state index in [1.54, 1.807) is 6.07 Å². The molecule has 124 valence electrons. The minimum Gasteiger partial charge on any atom is -0.494 e. The smallest absolute Gasteiger partial charge is 0.119 e. The Hall–Kier alpha value is -1.77. The first-order valence-corrected chi connectivity index (χ1v) is 8.86. The van der Waals surface area contributed by atoms with Crippen molar-refractivity contribution < 1.29 is 4.74 Å². The number of hydrogen-bond donors (Lipinski definition) is 0. The van der Waals surface area contributed by atoms with Crippen molar-refractivity contribution in [1.29, 1.82) is 0 Å². The van der Waals surface area contributed by atoms with Crippen LogP contribution >= 0.6 is 23.2 Å². The number of halogens is 2. The van der Waals surface area contributed by atoms with Gasteiger partial charge >= 0.3 is 0 Å². The van der Waals surface area contributed by atoms with Crippen LogP contribution in [0.5, 0.6) is 5.75 Å². The van der Waals surface area contributed by atoms with Crippen molar-refractivity contribution in [1.82, 2.24) is 0 Å². The summed E-state index contributed by atoms with van der Waals surface area (Å²) >= 11 is 12.2. The summed E-state index contributed by atoms with van der Waals surface area (Å²) in [6.07, 6.45) is 5.94. The fourth-order valence-corrected chi connectivity index (χ4v) is 3.14. The number of nitrogens with zero attached hydrogens (tertiary/aromatic N) is 1. The maximum Gasteiger partial charge on any atom is 0.119 e. The molecule has 24 heavy (non-hydrogen) atoms. The molecule has 0 aromatic heterocycles. The highest BCUT2D eigenvalue weighted by Crippen LogP contribution is 2.25. The predicted molar refractivity (Wildman–Crippen MR) is 103 cm³/mol. The zero-order valence-corrected chi connectivity index (χ0v) is 15.1. The van der Waals surface area contributed by atoms with E-state index in [0.29, 0.717) is 10.0 Å². The van der Waals surface area contributed by atoms with Crippen molar-refractivity contribution in [3.8, 4) is 5.75 Å². The molecule has 0 bridgehead atoms. The number of fused-ring (bicyclic) bond motifs is 1. The van der Waals surface area contributed by atoms with E-state index in [4.69, 9.17) is 27.9 Å². The molecule has 1 aliphatic rings. The number of ether oxygens (including phenoxy) is 1. The molecule has 1 aliphatic heterocycles. The van der Waals surface area contributed by atoms with Gasteiger partial charge in [0.05, 0.1) is 12.3 Å². The van der Waals surface area contributed by atoms with E-state index in [0.717, 1.165) is 48.6 Å². The zero-order chi connectivity index (χ0) is 16.9. The van der Waals surface area contributed by atoms with Crippen molar-refractivity contribution in [3.05, 3.63) is 69.2 Å². The van der Waals surface area contributed by atoms with E-state index >= 15 is 0 Å². The fourth-order valence-electron chi connectivity index (χ4n) is 2.67.